The standard InChI is InChI=1S/C21H30N2O4/c1-5-27-17-12-21(26,20(17,3)4)13-22-14(2)10-11-23-18(24)15-8-6-7-9-16(15)19(23)25/h6-9,14,17,22,26H,5,10-13H2,1-4H3/t14-,17+,21+/m0/s1. The van der Waals surface area contributed by atoms with Gasteiger partial charge >= 0.3 is 0 Å². The second-order valence-corrected chi connectivity index (χ2v) is 8.28. The van der Waals surface area contributed by atoms with Gasteiger partial charge in [0.2, 0.25) is 0 Å². The number of amides is 2. The molecular formula is C21H30N2O4. The maximum absolute atomic E-state index is 12.4. The van der Waals surface area contributed by atoms with Crippen molar-refractivity contribution >= 4 is 11.8 Å². The minimum Gasteiger partial charge on any atom is -0.388 e. The summed E-state index contributed by atoms with van der Waals surface area (Å²) < 4.78 is 5.70. The summed E-state index contributed by atoms with van der Waals surface area (Å²) in [4.78, 5) is 26.1. The molecule has 6 heteroatoms. The largest absolute Gasteiger partial charge is 0.388 e. The monoisotopic (exact) mass is 374 g/mol. The van der Waals surface area contributed by atoms with Crippen molar-refractivity contribution in [3.05, 3.63) is 35.4 Å². The van der Waals surface area contributed by atoms with E-state index in [2.05, 4.69) is 5.32 Å². The number of hydrogen-bond donors (Lipinski definition) is 2. The predicted octanol–water partition coefficient (Wildman–Crippen LogP) is 2.22. The molecule has 0 spiro atoms. The van der Waals surface area contributed by atoms with Crippen LogP contribution < -0.4 is 5.32 Å². The first-order chi connectivity index (χ1) is 12.7. The van der Waals surface area contributed by atoms with E-state index in [1.807, 2.05) is 27.7 Å². The maximum atomic E-state index is 12.4. The third-order valence-corrected chi connectivity index (χ3v) is 6.30. The van der Waals surface area contributed by atoms with Gasteiger partial charge in [-0.1, -0.05) is 26.0 Å². The van der Waals surface area contributed by atoms with E-state index < -0.39 is 5.60 Å². The fourth-order valence-electron chi connectivity index (χ4n) is 3.97. The second-order valence-electron chi connectivity index (χ2n) is 8.28. The molecule has 1 heterocycles. The van der Waals surface area contributed by atoms with Crippen molar-refractivity contribution in [2.75, 3.05) is 19.7 Å². The maximum Gasteiger partial charge on any atom is 0.261 e. The molecule has 1 aliphatic heterocycles. The molecule has 0 unspecified atom stereocenters. The molecular weight excluding hydrogens is 344 g/mol. The molecule has 0 saturated heterocycles. The van der Waals surface area contributed by atoms with Crippen LogP contribution in [0, 0.1) is 5.41 Å². The summed E-state index contributed by atoms with van der Waals surface area (Å²) in [6.45, 7) is 9.51. The highest BCUT2D eigenvalue weighted by atomic mass is 16.5. The van der Waals surface area contributed by atoms with Crippen LogP contribution in [0.2, 0.25) is 0 Å². The van der Waals surface area contributed by atoms with Crippen molar-refractivity contribution in [2.45, 2.75) is 58.3 Å². The third-order valence-electron chi connectivity index (χ3n) is 6.30. The van der Waals surface area contributed by atoms with Gasteiger partial charge in [0.15, 0.2) is 0 Å². The van der Waals surface area contributed by atoms with Gasteiger partial charge in [-0.25, -0.2) is 0 Å². The fourth-order valence-corrected chi connectivity index (χ4v) is 3.97. The van der Waals surface area contributed by atoms with Crippen molar-refractivity contribution < 1.29 is 19.4 Å². The van der Waals surface area contributed by atoms with Gasteiger partial charge in [-0.3, -0.25) is 14.5 Å². The number of nitrogens with zero attached hydrogens (tertiary/aromatic N) is 1. The zero-order chi connectivity index (χ0) is 19.8. The highest BCUT2D eigenvalue weighted by Gasteiger charge is 2.59. The molecule has 2 amide bonds. The minimum absolute atomic E-state index is 0.0697. The minimum atomic E-state index is -0.809. The molecule has 3 atom stereocenters. The molecule has 1 aromatic carbocycles. The predicted molar refractivity (Wildman–Crippen MR) is 103 cm³/mol. The van der Waals surface area contributed by atoms with Gasteiger partial charge < -0.3 is 15.2 Å². The van der Waals surface area contributed by atoms with E-state index in [9.17, 15) is 14.7 Å². The Kier molecular flexibility index (Phi) is 5.43. The molecule has 0 radical (unpaired) electrons. The zero-order valence-corrected chi connectivity index (χ0v) is 16.6. The molecule has 1 aliphatic carbocycles. The molecule has 2 N–H and O–H groups in total. The van der Waals surface area contributed by atoms with Crippen LogP contribution >= 0.6 is 0 Å². The fraction of sp³-hybridized carbons (Fsp3) is 0.619. The molecule has 2 aliphatic rings. The van der Waals surface area contributed by atoms with Crippen molar-refractivity contribution in [3.63, 3.8) is 0 Å². The number of carbonyl (C=O) groups excluding carboxylic acids is 2. The van der Waals surface area contributed by atoms with E-state index in [1.54, 1.807) is 24.3 Å². The van der Waals surface area contributed by atoms with E-state index in [-0.39, 0.29) is 29.4 Å². The molecule has 1 aromatic rings. The summed E-state index contributed by atoms with van der Waals surface area (Å²) in [5.41, 5.74) is -0.152. The van der Waals surface area contributed by atoms with Gasteiger partial charge in [-0.2, -0.15) is 0 Å². The highest BCUT2D eigenvalue weighted by molar-refractivity contribution is 6.21. The van der Waals surface area contributed by atoms with Crippen molar-refractivity contribution in [3.8, 4) is 0 Å². The van der Waals surface area contributed by atoms with Gasteiger partial charge in [-0.05, 0) is 32.4 Å². The first kappa shape index (κ1) is 20.0. The summed E-state index contributed by atoms with van der Waals surface area (Å²) in [5, 5.41) is 14.3. The topological polar surface area (TPSA) is 78.9 Å². The Morgan fingerprint density at radius 1 is 1.26 bits per heavy atom. The number of rotatable bonds is 8. The number of aliphatic hydroxyl groups is 1. The highest BCUT2D eigenvalue weighted by Crippen LogP contribution is 2.50. The summed E-state index contributed by atoms with van der Waals surface area (Å²) in [6.07, 6.45) is 1.32. The number of imide groups is 1. The van der Waals surface area contributed by atoms with Crippen molar-refractivity contribution in [1.29, 1.82) is 0 Å². The third kappa shape index (κ3) is 3.42. The molecule has 3 rings (SSSR count). The van der Waals surface area contributed by atoms with E-state index in [1.165, 1.54) is 4.90 Å². The first-order valence-corrected chi connectivity index (χ1v) is 9.74. The number of hydrogen-bond acceptors (Lipinski definition) is 5. The van der Waals surface area contributed by atoms with Gasteiger partial charge in [-0.15, -0.1) is 0 Å². The van der Waals surface area contributed by atoms with E-state index in [4.69, 9.17) is 4.74 Å². The lowest BCUT2D eigenvalue weighted by molar-refractivity contribution is -0.238. The second kappa shape index (κ2) is 7.34. The molecule has 27 heavy (non-hydrogen) atoms. The number of fused-ring (bicyclic) bond motifs is 1. The Morgan fingerprint density at radius 2 is 1.85 bits per heavy atom. The average Bonchev–Trinajstić information content (AvgIpc) is 2.89. The summed E-state index contributed by atoms with van der Waals surface area (Å²) >= 11 is 0. The Morgan fingerprint density at radius 3 is 2.37 bits per heavy atom. The lowest BCUT2D eigenvalue weighted by atomic mass is 9.56. The molecule has 148 valence electrons. The Balaban J connectivity index is 1.49. The molecule has 1 saturated carbocycles. The molecule has 0 bridgehead atoms. The average molecular weight is 374 g/mol. The van der Waals surface area contributed by atoms with Crippen LogP contribution in [0.25, 0.3) is 0 Å². The summed E-state index contributed by atoms with van der Waals surface area (Å²) in [5.74, 6) is -0.442. The van der Waals surface area contributed by atoms with Crippen LogP contribution in [0.5, 0.6) is 0 Å². The number of ether oxygens (including phenoxy) is 1. The van der Waals surface area contributed by atoms with Crippen LogP contribution in [-0.2, 0) is 4.74 Å². The lowest BCUT2D eigenvalue weighted by Gasteiger charge is -2.58. The normalized spacial score (nSPS) is 27.4. The van der Waals surface area contributed by atoms with Crippen LogP contribution in [0.3, 0.4) is 0 Å². The van der Waals surface area contributed by atoms with E-state index in [0.29, 0.717) is 43.7 Å². The Bertz CT molecular complexity index is 698. The molecule has 6 nitrogen and oxygen atoms in total. The SMILES string of the molecule is CCO[C@@H]1C[C@@](O)(CN[C@@H](C)CCN2C(=O)c3ccccc3C2=O)C1(C)C. The lowest BCUT2D eigenvalue weighted by Crippen LogP contribution is -2.68. The van der Waals surface area contributed by atoms with Crippen LogP contribution in [-0.4, -0.2) is 59.3 Å². The zero-order valence-electron chi connectivity index (χ0n) is 16.6. The van der Waals surface area contributed by atoms with Crippen LogP contribution in [0.1, 0.15) is 61.3 Å². The van der Waals surface area contributed by atoms with Crippen molar-refractivity contribution in [1.82, 2.24) is 10.2 Å². The number of carbonyl (C=O) groups is 2. The quantitative estimate of drug-likeness (QED) is 0.682. The first-order valence-electron chi connectivity index (χ1n) is 9.74. The number of nitrogens with one attached hydrogen (secondary N) is 1. The van der Waals surface area contributed by atoms with Gasteiger partial charge in [0.05, 0.1) is 22.8 Å². The van der Waals surface area contributed by atoms with Crippen LogP contribution in [0.15, 0.2) is 24.3 Å². The van der Waals surface area contributed by atoms with Gasteiger partial charge in [0.1, 0.15) is 0 Å². The summed E-state index contributed by atoms with van der Waals surface area (Å²) in [7, 11) is 0. The van der Waals surface area contributed by atoms with Gasteiger partial charge in [0, 0.05) is 37.6 Å². The molecule has 0 aromatic heterocycles. The Labute approximate surface area is 160 Å². The smallest absolute Gasteiger partial charge is 0.261 e. The van der Waals surface area contributed by atoms with Crippen molar-refractivity contribution in [2.24, 2.45) is 5.41 Å². The van der Waals surface area contributed by atoms with E-state index >= 15 is 0 Å². The van der Waals surface area contributed by atoms with Gasteiger partial charge in [0.25, 0.3) is 11.8 Å². The Hall–Kier alpha value is -1.76. The van der Waals surface area contributed by atoms with Crippen LogP contribution in [0.4, 0.5) is 0 Å². The van der Waals surface area contributed by atoms with E-state index in [0.717, 1.165) is 0 Å². The number of benzene rings is 1. The molecule has 1 fully saturated rings. The summed E-state index contributed by atoms with van der Waals surface area (Å²) in [6, 6.07) is 7.00.